The average Bonchev–Trinajstić information content (AvgIpc) is 2.89. The van der Waals surface area contributed by atoms with E-state index in [4.69, 9.17) is 14.2 Å². The van der Waals surface area contributed by atoms with E-state index < -0.39 is 10.0 Å². The Morgan fingerprint density at radius 1 is 1.12 bits per heavy atom. The van der Waals surface area contributed by atoms with Crippen LogP contribution in [0.5, 0.6) is 16.7 Å². The first-order valence-corrected chi connectivity index (χ1v) is 10.2. The Balaban J connectivity index is 1.63. The quantitative estimate of drug-likeness (QED) is 0.733. The number of methoxy groups -OCH3 is 1. The minimum atomic E-state index is -3.76. The van der Waals surface area contributed by atoms with Crippen molar-refractivity contribution in [1.82, 2.24) is 4.98 Å². The third kappa shape index (κ3) is 3.27. The Morgan fingerprint density at radius 2 is 1.92 bits per heavy atom. The van der Waals surface area contributed by atoms with Gasteiger partial charge in [0.15, 0.2) is 11.5 Å². The van der Waals surface area contributed by atoms with E-state index in [2.05, 4.69) is 9.71 Å². The number of hydrogen-bond donors (Lipinski definition) is 1. The molecule has 0 aliphatic carbocycles. The molecule has 1 aliphatic heterocycles. The van der Waals surface area contributed by atoms with E-state index in [9.17, 15) is 8.42 Å². The molecule has 1 aromatic heterocycles. The number of fused-ring (bicyclic) bond motifs is 2. The number of aromatic nitrogens is 1. The Hall–Kier alpha value is -2.52. The van der Waals surface area contributed by atoms with Crippen molar-refractivity contribution in [3.8, 4) is 16.7 Å². The number of nitrogens with zero attached hydrogens (tertiary/aromatic N) is 1. The molecule has 26 heavy (non-hydrogen) atoms. The predicted molar refractivity (Wildman–Crippen MR) is 99.0 cm³/mol. The van der Waals surface area contributed by atoms with Crippen LogP contribution in [0.25, 0.3) is 10.2 Å². The van der Waals surface area contributed by atoms with Gasteiger partial charge in [-0.1, -0.05) is 11.3 Å². The van der Waals surface area contributed by atoms with Crippen LogP contribution in [0.4, 0.5) is 5.69 Å². The average molecular weight is 392 g/mol. The van der Waals surface area contributed by atoms with Gasteiger partial charge in [0, 0.05) is 12.5 Å². The molecule has 2 aromatic carbocycles. The van der Waals surface area contributed by atoms with Crippen molar-refractivity contribution < 1.29 is 22.6 Å². The van der Waals surface area contributed by atoms with Gasteiger partial charge < -0.3 is 14.2 Å². The summed E-state index contributed by atoms with van der Waals surface area (Å²) in [6, 6.07) is 9.76. The molecule has 0 amide bonds. The third-order valence-electron chi connectivity index (χ3n) is 3.82. The first kappa shape index (κ1) is 16.9. The van der Waals surface area contributed by atoms with E-state index in [-0.39, 0.29) is 4.90 Å². The molecule has 0 saturated carbocycles. The molecular formula is C17H16N2O5S2. The predicted octanol–water partition coefficient (Wildman–Crippen LogP) is 3.27. The lowest BCUT2D eigenvalue weighted by Crippen LogP contribution is -2.13. The van der Waals surface area contributed by atoms with Gasteiger partial charge >= 0.3 is 0 Å². The van der Waals surface area contributed by atoms with Crippen molar-refractivity contribution in [3.63, 3.8) is 0 Å². The van der Waals surface area contributed by atoms with Crippen LogP contribution in [-0.4, -0.2) is 33.7 Å². The number of rotatable bonds is 4. The molecule has 0 radical (unpaired) electrons. The first-order valence-electron chi connectivity index (χ1n) is 7.92. The molecule has 0 spiro atoms. The largest absolute Gasteiger partial charge is 0.490 e. The van der Waals surface area contributed by atoms with Gasteiger partial charge in [0.25, 0.3) is 15.2 Å². The Kier molecular flexibility index (Phi) is 4.33. The first-order chi connectivity index (χ1) is 12.5. The van der Waals surface area contributed by atoms with Gasteiger partial charge in [-0.3, -0.25) is 4.72 Å². The lowest BCUT2D eigenvalue weighted by molar-refractivity contribution is 0.297. The summed E-state index contributed by atoms with van der Waals surface area (Å²) in [5.41, 5.74) is 1.21. The van der Waals surface area contributed by atoms with Gasteiger partial charge in [0.1, 0.15) is 0 Å². The minimum Gasteiger partial charge on any atom is -0.490 e. The van der Waals surface area contributed by atoms with Crippen molar-refractivity contribution >= 4 is 37.3 Å². The lowest BCUT2D eigenvalue weighted by atomic mass is 10.3. The molecule has 1 N–H and O–H groups in total. The monoisotopic (exact) mass is 392 g/mol. The Bertz CT molecular complexity index is 1060. The lowest BCUT2D eigenvalue weighted by Gasteiger charge is -2.11. The topological polar surface area (TPSA) is 86.8 Å². The summed E-state index contributed by atoms with van der Waals surface area (Å²) in [5.74, 6) is 0.993. The van der Waals surface area contributed by atoms with Crippen molar-refractivity contribution in [2.75, 3.05) is 25.0 Å². The molecular weight excluding hydrogens is 376 g/mol. The highest BCUT2D eigenvalue weighted by molar-refractivity contribution is 7.92. The van der Waals surface area contributed by atoms with Gasteiger partial charge in [0.05, 0.1) is 41.1 Å². The zero-order chi connectivity index (χ0) is 18.1. The van der Waals surface area contributed by atoms with E-state index in [1.807, 2.05) is 0 Å². The summed E-state index contributed by atoms with van der Waals surface area (Å²) in [6.45, 7) is 1.05. The molecule has 9 heteroatoms. The maximum absolute atomic E-state index is 12.7. The molecule has 1 aliphatic rings. The molecule has 0 saturated heterocycles. The molecule has 7 nitrogen and oxygen atoms in total. The van der Waals surface area contributed by atoms with Gasteiger partial charge in [-0.15, -0.1) is 0 Å². The normalized spacial score (nSPS) is 14.0. The Morgan fingerprint density at radius 3 is 2.73 bits per heavy atom. The fraction of sp³-hybridized carbons (Fsp3) is 0.235. The summed E-state index contributed by atoms with van der Waals surface area (Å²) in [4.78, 5) is 4.39. The summed E-state index contributed by atoms with van der Waals surface area (Å²) in [5, 5.41) is 0.530. The number of nitrogens with one attached hydrogen (secondary N) is 1. The van der Waals surface area contributed by atoms with E-state index in [0.29, 0.717) is 35.6 Å². The standard InChI is InChI=1S/C17H16N2O5S2/c1-22-17-18-13-5-3-11(9-16(13)25-17)19-26(20,21)12-4-6-14-15(10-12)24-8-2-7-23-14/h3-6,9-10,19H,2,7-8H2,1H3. The second-order valence-corrected chi connectivity index (χ2v) is 8.31. The molecule has 0 atom stereocenters. The smallest absolute Gasteiger partial charge is 0.274 e. The molecule has 0 bridgehead atoms. The second-order valence-electron chi connectivity index (χ2n) is 5.63. The fourth-order valence-electron chi connectivity index (χ4n) is 2.58. The zero-order valence-corrected chi connectivity index (χ0v) is 15.5. The SMILES string of the molecule is COc1nc2ccc(NS(=O)(=O)c3ccc4c(c3)OCCCO4)cc2s1. The summed E-state index contributed by atoms with van der Waals surface area (Å²) >= 11 is 1.35. The van der Waals surface area contributed by atoms with Crippen LogP contribution in [-0.2, 0) is 10.0 Å². The molecule has 3 aromatic rings. The van der Waals surface area contributed by atoms with Crippen molar-refractivity contribution in [3.05, 3.63) is 36.4 Å². The molecule has 0 fully saturated rings. The number of benzene rings is 2. The van der Waals surface area contributed by atoms with Gasteiger partial charge in [-0.2, -0.15) is 0 Å². The van der Waals surface area contributed by atoms with Gasteiger partial charge in [-0.05, 0) is 30.3 Å². The zero-order valence-electron chi connectivity index (χ0n) is 13.9. The van der Waals surface area contributed by atoms with Crippen molar-refractivity contribution in [2.45, 2.75) is 11.3 Å². The van der Waals surface area contributed by atoms with Crippen LogP contribution in [0, 0.1) is 0 Å². The number of anilines is 1. The van der Waals surface area contributed by atoms with Crippen LogP contribution in [0.3, 0.4) is 0 Å². The van der Waals surface area contributed by atoms with Crippen LogP contribution in [0.1, 0.15) is 6.42 Å². The van der Waals surface area contributed by atoms with Crippen LogP contribution < -0.4 is 18.9 Å². The summed E-state index contributed by atoms with van der Waals surface area (Å²) in [6.07, 6.45) is 0.757. The van der Waals surface area contributed by atoms with E-state index >= 15 is 0 Å². The molecule has 136 valence electrons. The van der Waals surface area contributed by atoms with Crippen molar-refractivity contribution in [2.24, 2.45) is 0 Å². The van der Waals surface area contributed by atoms with Crippen molar-refractivity contribution in [1.29, 1.82) is 0 Å². The van der Waals surface area contributed by atoms with Crippen LogP contribution >= 0.6 is 11.3 Å². The number of hydrogen-bond acceptors (Lipinski definition) is 7. The summed E-state index contributed by atoms with van der Waals surface area (Å²) < 4.78 is 45.1. The minimum absolute atomic E-state index is 0.115. The highest BCUT2D eigenvalue weighted by atomic mass is 32.2. The maximum Gasteiger partial charge on any atom is 0.274 e. The third-order valence-corrected chi connectivity index (χ3v) is 6.18. The van der Waals surface area contributed by atoms with Gasteiger partial charge in [0.2, 0.25) is 0 Å². The van der Waals surface area contributed by atoms with E-state index in [1.54, 1.807) is 31.4 Å². The molecule has 0 unspecified atom stereocenters. The molecule has 2 heterocycles. The van der Waals surface area contributed by atoms with Crippen LogP contribution in [0.15, 0.2) is 41.3 Å². The van der Waals surface area contributed by atoms with E-state index in [0.717, 1.165) is 16.6 Å². The Labute approximate surface area is 154 Å². The fourth-order valence-corrected chi connectivity index (χ4v) is 4.46. The molecule has 4 rings (SSSR count). The van der Waals surface area contributed by atoms with Gasteiger partial charge in [-0.25, -0.2) is 13.4 Å². The van der Waals surface area contributed by atoms with E-state index in [1.165, 1.54) is 23.5 Å². The summed E-state index contributed by atoms with van der Waals surface area (Å²) in [7, 11) is -2.21. The maximum atomic E-state index is 12.7. The second kappa shape index (κ2) is 6.65. The van der Waals surface area contributed by atoms with Crippen LogP contribution in [0.2, 0.25) is 0 Å². The number of sulfonamides is 1. The number of ether oxygens (including phenoxy) is 3. The highest BCUT2D eigenvalue weighted by Gasteiger charge is 2.19. The highest BCUT2D eigenvalue weighted by Crippen LogP contribution is 2.33. The number of thiazole rings is 1.